The van der Waals surface area contributed by atoms with Crippen molar-refractivity contribution < 1.29 is 0 Å². The van der Waals surface area contributed by atoms with Crippen LogP contribution in [0.5, 0.6) is 0 Å². The van der Waals surface area contributed by atoms with E-state index in [-0.39, 0.29) is 0 Å². The highest BCUT2D eigenvalue weighted by Gasteiger charge is 2.00. The van der Waals surface area contributed by atoms with Gasteiger partial charge >= 0.3 is 0 Å². The summed E-state index contributed by atoms with van der Waals surface area (Å²) in [4.78, 5) is 12.0. The summed E-state index contributed by atoms with van der Waals surface area (Å²) in [5.41, 5.74) is 0.952. The molecule has 5 heteroatoms. The minimum Gasteiger partial charge on any atom is -0.331 e. The number of nitrogens with zero attached hydrogens (tertiary/aromatic N) is 4. The first-order valence-corrected chi connectivity index (χ1v) is 4.55. The molecule has 2 aromatic rings. The van der Waals surface area contributed by atoms with Gasteiger partial charge in [-0.05, 0) is 15.9 Å². The molecule has 0 N–H and O–H groups in total. The molecule has 0 aromatic carbocycles. The Kier molecular flexibility index (Phi) is 2.35. The molecular formula is C8H7BrN4. The lowest BCUT2D eigenvalue weighted by molar-refractivity contribution is 0.764. The van der Waals surface area contributed by atoms with Crippen LogP contribution in [0.25, 0.3) is 0 Å². The van der Waals surface area contributed by atoms with Crippen LogP contribution in [0, 0.1) is 0 Å². The van der Waals surface area contributed by atoms with Crippen LogP contribution in [-0.2, 0) is 6.54 Å². The predicted molar refractivity (Wildman–Crippen MR) is 51.1 cm³/mol. The molecule has 0 unspecified atom stereocenters. The fourth-order valence-electron chi connectivity index (χ4n) is 1.01. The highest BCUT2D eigenvalue weighted by atomic mass is 79.9. The Morgan fingerprint density at radius 2 is 2.31 bits per heavy atom. The van der Waals surface area contributed by atoms with Crippen LogP contribution in [0.4, 0.5) is 0 Å². The summed E-state index contributed by atoms with van der Waals surface area (Å²) in [5.74, 6) is 0. The highest BCUT2D eigenvalue weighted by Crippen LogP contribution is 2.12. The summed E-state index contributed by atoms with van der Waals surface area (Å²) in [6, 6.07) is 0. The third-order valence-electron chi connectivity index (χ3n) is 1.64. The topological polar surface area (TPSA) is 43.6 Å². The van der Waals surface area contributed by atoms with Crippen LogP contribution in [0.3, 0.4) is 0 Å². The number of imidazole rings is 1. The molecule has 0 saturated heterocycles. The molecule has 0 saturated carbocycles. The van der Waals surface area contributed by atoms with Gasteiger partial charge in [0, 0.05) is 18.6 Å². The minimum absolute atomic E-state index is 0.711. The maximum atomic E-state index is 4.15. The third-order valence-corrected chi connectivity index (χ3v) is 2.30. The molecule has 0 aliphatic rings. The normalized spacial score (nSPS) is 10.2. The Morgan fingerprint density at radius 3 is 3.00 bits per heavy atom. The molecule has 0 spiro atoms. The Balaban J connectivity index is 2.24. The molecule has 0 amide bonds. The van der Waals surface area contributed by atoms with Crippen LogP contribution in [0.1, 0.15) is 5.69 Å². The lowest BCUT2D eigenvalue weighted by Gasteiger charge is -2.02. The van der Waals surface area contributed by atoms with E-state index in [0.29, 0.717) is 6.54 Å². The largest absolute Gasteiger partial charge is 0.331 e. The second-order valence-corrected chi connectivity index (χ2v) is 3.41. The molecule has 2 aromatic heterocycles. The van der Waals surface area contributed by atoms with Gasteiger partial charge in [-0.2, -0.15) is 0 Å². The smallest absolute Gasteiger partial charge is 0.115 e. The number of rotatable bonds is 2. The van der Waals surface area contributed by atoms with E-state index in [2.05, 4.69) is 30.9 Å². The average Bonchev–Trinajstić information content (AvgIpc) is 2.61. The average molecular weight is 239 g/mol. The monoisotopic (exact) mass is 238 g/mol. The molecule has 4 nitrogen and oxygen atoms in total. The maximum Gasteiger partial charge on any atom is 0.115 e. The van der Waals surface area contributed by atoms with E-state index in [0.717, 1.165) is 10.2 Å². The third kappa shape index (κ3) is 1.92. The van der Waals surface area contributed by atoms with E-state index in [1.807, 2.05) is 10.8 Å². The van der Waals surface area contributed by atoms with Gasteiger partial charge in [-0.25, -0.2) is 15.0 Å². The molecule has 0 radical (unpaired) electrons. The van der Waals surface area contributed by atoms with E-state index in [1.165, 1.54) is 6.33 Å². The van der Waals surface area contributed by atoms with E-state index in [9.17, 15) is 0 Å². The summed E-state index contributed by atoms with van der Waals surface area (Å²) in [7, 11) is 0. The maximum absolute atomic E-state index is 4.15. The van der Waals surface area contributed by atoms with E-state index in [4.69, 9.17) is 0 Å². The lowest BCUT2D eigenvalue weighted by atomic mass is 10.4. The minimum atomic E-state index is 0.711. The Morgan fingerprint density at radius 1 is 1.38 bits per heavy atom. The molecular weight excluding hydrogens is 232 g/mol. The van der Waals surface area contributed by atoms with Crippen molar-refractivity contribution in [3.63, 3.8) is 0 Å². The molecule has 0 aliphatic heterocycles. The Hall–Kier alpha value is -1.23. The number of halogens is 1. The zero-order valence-electron chi connectivity index (χ0n) is 6.76. The van der Waals surface area contributed by atoms with Gasteiger partial charge in [0.2, 0.25) is 0 Å². The lowest BCUT2D eigenvalue weighted by Crippen LogP contribution is -2.00. The summed E-state index contributed by atoms with van der Waals surface area (Å²) >= 11 is 3.38. The molecule has 0 aliphatic carbocycles. The van der Waals surface area contributed by atoms with Crippen molar-refractivity contribution in [2.45, 2.75) is 6.54 Å². The number of aromatic nitrogens is 4. The first-order valence-electron chi connectivity index (χ1n) is 3.76. The van der Waals surface area contributed by atoms with Crippen molar-refractivity contribution in [3.8, 4) is 0 Å². The Labute approximate surface area is 83.8 Å². The van der Waals surface area contributed by atoms with Crippen molar-refractivity contribution in [2.24, 2.45) is 0 Å². The van der Waals surface area contributed by atoms with E-state index in [1.54, 1.807) is 18.7 Å². The van der Waals surface area contributed by atoms with Crippen molar-refractivity contribution in [3.05, 3.63) is 41.4 Å². The summed E-state index contributed by atoms with van der Waals surface area (Å²) in [6.07, 6.45) is 8.68. The van der Waals surface area contributed by atoms with Gasteiger partial charge in [-0.15, -0.1) is 0 Å². The molecule has 2 rings (SSSR count). The van der Waals surface area contributed by atoms with Crippen LogP contribution in [0.15, 0.2) is 35.7 Å². The fourth-order valence-corrected chi connectivity index (χ4v) is 1.35. The summed E-state index contributed by atoms with van der Waals surface area (Å²) < 4.78 is 2.87. The predicted octanol–water partition coefficient (Wildman–Crippen LogP) is 1.48. The van der Waals surface area contributed by atoms with Crippen LogP contribution < -0.4 is 0 Å². The molecule has 0 atom stereocenters. The van der Waals surface area contributed by atoms with Gasteiger partial charge in [0.05, 0.1) is 23.0 Å². The molecule has 13 heavy (non-hydrogen) atoms. The van der Waals surface area contributed by atoms with Crippen LogP contribution in [-0.4, -0.2) is 19.5 Å². The zero-order chi connectivity index (χ0) is 9.10. The van der Waals surface area contributed by atoms with Gasteiger partial charge < -0.3 is 4.57 Å². The quantitative estimate of drug-likeness (QED) is 0.797. The van der Waals surface area contributed by atoms with E-state index >= 15 is 0 Å². The fraction of sp³-hybridized carbons (Fsp3) is 0.125. The number of hydrogen-bond acceptors (Lipinski definition) is 3. The number of hydrogen-bond donors (Lipinski definition) is 0. The standard InChI is InChI=1S/C8H7BrN4/c9-7-3-11-5-12-8(7)4-13-2-1-10-6-13/h1-3,5-6H,4H2. The van der Waals surface area contributed by atoms with Crippen molar-refractivity contribution in [1.29, 1.82) is 0 Å². The van der Waals surface area contributed by atoms with Crippen LogP contribution in [0.2, 0.25) is 0 Å². The van der Waals surface area contributed by atoms with Gasteiger partial charge in [-0.1, -0.05) is 0 Å². The zero-order valence-corrected chi connectivity index (χ0v) is 8.35. The molecule has 0 bridgehead atoms. The summed E-state index contributed by atoms with van der Waals surface area (Å²) in [6.45, 7) is 0.711. The molecule has 2 heterocycles. The van der Waals surface area contributed by atoms with Gasteiger partial charge in [0.1, 0.15) is 6.33 Å². The van der Waals surface area contributed by atoms with Crippen molar-refractivity contribution in [2.75, 3.05) is 0 Å². The van der Waals surface area contributed by atoms with Gasteiger partial charge in [-0.3, -0.25) is 0 Å². The van der Waals surface area contributed by atoms with E-state index < -0.39 is 0 Å². The summed E-state index contributed by atoms with van der Waals surface area (Å²) in [5, 5.41) is 0. The van der Waals surface area contributed by atoms with Gasteiger partial charge in [0.25, 0.3) is 0 Å². The van der Waals surface area contributed by atoms with Crippen molar-refractivity contribution in [1.82, 2.24) is 19.5 Å². The molecule has 66 valence electrons. The highest BCUT2D eigenvalue weighted by molar-refractivity contribution is 9.10. The van der Waals surface area contributed by atoms with Gasteiger partial charge in [0.15, 0.2) is 0 Å². The van der Waals surface area contributed by atoms with Crippen LogP contribution >= 0.6 is 15.9 Å². The van der Waals surface area contributed by atoms with Crippen molar-refractivity contribution >= 4 is 15.9 Å². The second kappa shape index (κ2) is 3.66. The Bertz CT molecular complexity index is 385. The SMILES string of the molecule is Brc1cncnc1Cn1ccnc1. The second-order valence-electron chi connectivity index (χ2n) is 2.55. The first-order chi connectivity index (χ1) is 6.36. The molecule has 0 fully saturated rings. The first kappa shape index (κ1) is 8.37.